The zero-order chi connectivity index (χ0) is 17.9. The van der Waals surface area contributed by atoms with Gasteiger partial charge >= 0.3 is 5.97 Å². The highest BCUT2D eigenvalue weighted by Gasteiger charge is 2.29. The van der Waals surface area contributed by atoms with Crippen LogP contribution in [0.2, 0.25) is 0 Å². The minimum absolute atomic E-state index is 0.166. The van der Waals surface area contributed by atoms with Gasteiger partial charge in [0.2, 0.25) is 5.82 Å². The molecule has 0 bridgehead atoms. The Balaban J connectivity index is 2.85. The number of benzene rings is 1. The molecule has 0 fully saturated rings. The van der Waals surface area contributed by atoms with Crippen molar-refractivity contribution in [3.63, 3.8) is 0 Å². The van der Waals surface area contributed by atoms with Crippen molar-refractivity contribution in [2.45, 2.75) is 43.6 Å². The van der Waals surface area contributed by atoms with E-state index in [0.717, 1.165) is 6.42 Å². The number of esters is 1. The van der Waals surface area contributed by atoms with Gasteiger partial charge in [-0.2, -0.15) is 0 Å². The van der Waals surface area contributed by atoms with Gasteiger partial charge in [0.25, 0.3) is 0 Å². The molecule has 0 radical (unpaired) electrons. The second kappa shape index (κ2) is 7.76. The van der Waals surface area contributed by atoms with Crippen molar-refractivity contribution < 1.29 is 31.5 Å². The summed E-state index contributed by atoms with van der Waals surface area (Å²) in [6.45, 7) is 4.44. The van der Waals surface area contributed by atoms with Crippen LogP contribution in [0.3, 0.4) is 0 Å². The maximum Gasteiger partial charge on any atom is 0.309 e. The molecule has 0 amide bonds. The minimum atomic E-state index is -2.24. The summed E-state index contributed by atoms with van der Waals surface area (Å²) in [4.78, 5) is 11.8. The Morgan fingerprint density at radius 3 is 1.96 bits per heavy atom. The van der Waals surface area contributed by atoms with Crippen LogP contribution in [0, 0.1) is 35.0 Å². The Morgan fingerprint density at radius 1 is 1.09 bits per heavy atom. The lowest BCUT2D eigenvalue weighted by Gasteiger charge is -2.23. The van der Waals surface area contributed by atoms with Crippen molar-refractivity contribution in [2.75, 3.05) is 0 Å². The molecule has 23 heavy (non-hydrogen) atoms. The number of carbonyl (C=O) groups excluding carboxylic acids is 1. The van der Waals surface area contributed by atoms with E-state index in [-0.39, 0.29) is 3.42 Å². The number of halogens is 6. The number of hydrogen-bond donors (Lipinski definition) is 0. The van der Waals surface area contributed by atoms with Gasteiger partial charge in [-0.25, -0.2) is 22.0 Å². The molecule has 130 valence electrons. The lowest BCUT2D eigenvalue weighted by molar-refractivity contribution is -0.149. The highest BCUT2D eigenvalue weighted by atomic mass is 127. The first-order chi connectivity index (χ1) is 10.5. The van der Waals surface area contributed by atoms with Gasteiger partial charge in [0, 0.05) is 3.42 Å². The molecule has 1 aromatic rings. The van der Waals surface area contributed by atoms with Crippen LogP contribution in [0.4, 0.5) is 22.0 Å². The van der Waals surface area contributed by atoms with Crippen LogP contribution in [0.1, 0.15) is 39.2 Å². The first-order valence-corrected chi connectivity index (χ1v) is 7.95. The van der Waals surface area contributed by atoms with Gasteiger partial charge in [0.05, 0.1) is 11.5 Å². The fourth-order valence-corrected chi connectivity index (χ4v) is 2.59. The smallest absolute Gasteiger partial charge is 0.309 e. The van der Waals surface area contributed by atoms with Crippen molar-refractivity contribution in [2.24, 2.45) is 5.92 Å². The highest BCUT2D eigenvalue weighted by molar-refractivity contribution is 14.1. The van der Waals surface area contributed by atoms with Crippen LogP contribution in [-0.2, 0) is 16.1 Å². The fourth-order valence-electron chi connectivity index (χ4n) is 1.93. The van der Waals surface area contributed by atoms with E-state index in [2.05, 4.69) is 22.6 Å². The number of ether oxygens (including phenoxy) is 1. The van der Waals surface area contributed by atoms with Gasteiger partial charge < -0.3 is 4.74 Å². The van der Waals surface area contributed by atoms with Gasteiger partial charge in [-0.15, -0.1) is 0 Å². The van der Waals surface area contributed by atoms with Crippen LogP contribution < -0.4 is 0 Å². The lowest BCUT2D eigenvalue weighted by Crippen LogP contribution is -2.24. The van der Waals surface area contributed by atoms with Crippen molar-refractivity contribution in [3.05, 3.63) is 34.6 Å². The van der Waals surface area contributed by atoms with Crippen molar-refractivity contribution in [1.82, 2.24) is 0 Å². The predicted molar refractivity (Wildman–Crippen MR) is 82.5 cm³/mol. The second-order valence-corrected chi connectivity index (χ2v) is 8.13. The number of carbonyl (C=O) groups is 1. The summed E-state index contributed by atoms with van der Waals surface area (Å²) in [7, 11) is 0. The molecule has 1 aromatic carbocycles. The van der Waals surface area contributed by atoms with Gasteiger partial charge in [-0.3, -0.25) is 4.79 Å². The van der Waals surface area contributed by atoms with E-state index in [0.29, 0.717) is 6.42 Å². The fraction of sp³-hybridized carbons (Fsp3) is 0.533. The minimum Gasteiger partial charge on any atom is -0.460 e. The second-order valence-electron chi connectivity index (χ2n) is 5.53. The molecular weight excluding hydrogens is 434 g/mol. The largest absolute Gasteiger partial charge is 0.460 e. The molecule has 0 saturated heterocycles. The zero-order valence-corrected chi connectivity index (χ0v) is 14.9. The lowest BCUT2D eigenvalue weighted by atomic mass is 9.95. The van der Waals surface area contributed by atoms with E-state index in [1.54, 1.807) is 6.92 Å². The topological polar surface area (TPSA) is 26.3 Å². The maximum absolute atomic E-state index is 13.5. The zero-order valence-electron chi connectivity index (χ0n) is 12.8. The summed E-state index contributed by atoms with van der Waals surface area (Å²) >= 11 is 2.18. The summed E-state index contributed by atoms with van der Waals surface area (Å²) in [5.74, 6) is -11.7. The Bertz CT molecular complexity index is 575. The van der Waals surface area contributed by atoms with Gasteiger partial charge in [0.15, 0.2) is 23.3 Å². The van der Waals surface area contributed by atoms with Crippen LogP contribution in [0.5, 0.6) is 0 Å². The van der Waals surface area contributed by atoms with Crippen LogP contribution in [-0.4, -0.2) is 9.39 Å². The average Bonchev–Trinajstić information content (AvgIpc) is 2.50. The molecule has 0 aliphatic carbocycles. The molecule has 0 heterocycles. The molecule has 0 saturated carbocycles. The first-order valence-electron chi connectivity index (χ1n) is 6.87. The molecule has 2 atom stereocenters. The van der Waals surface area contributed by atoms with E-state index in [1.807, 2.05) is 13.8 Å². The van der Waals surface area contributed by atoms with Crippen molar-refractivity contribution in [3.8, 4) is 0 Å². The molecule has 1 rings (SSSR count). The third-order valence-electron chi connectivity index (χ3n) is 3.53. The van der Waals surface area contributed by atoms with Gasteiger partial charge in [-0.1, -0.05) is 43.4 Å². The number of rotatable bonds is 6. The molecule has 0 aromatic heterocycles. The van der Waals surface area contributed by atoms with Crippen LogP contribution >= 0.6 is 22.6 Å². The Kier molecular flexibility index (Phi) is 6.79. The quantitative estimate of drug-likeness (QED) is 0.151. The van der Waals surface area contributed by atoms with E-state index in [4.69, 9.17) is 4.74 Å². The van der Waals surface area contributed by atoms with E-state index < -0.39 is 53.1 Å². The third-order valence-corrected chi connectivity index (χ3v) is 4.73. The molecule has 0 aliphatic heterocycles. The Morgan fingerprint density at radius 2 is 1.52 bits per heavy atom. The summed E-state index contributed by atoms with van der Waals surface area (Å²) in [6.07, 6.45) is 1.25. The van der Waals surface area contributed by atoms with Gasteiger partial charge in [-0.05, 0) is 12.8 Å². The highest BCUT2D eigenvalue weighted by Crippen LogP contribution is 2.31. The van der Waals surface area contributed by atoms with E-state index in [9.17, 15) is 26.7 Å². The molecule has 0 N–H and O–H groups in total. The van der Waals surface area contributed by atoms with Gasteiger partial charge in [0.1, 0.15) is 6.61 Å². The third kappa shape index (κ3) is 4.77. The number of alkyl halides is 1. The van der Waals surface area contributed by atoms with Crippen LogP contribution in [0.15, 0.2) is 0 Å². The van der Waals surface area contributed by atoms with E-state index in [1.165, 1.54) is 0 Å². The summed E-state index contributed by atoms with van der Waals surface area (Å²) in [6, 6.07) is 0. The molecule has 0 spiro atoms. The number of hydrogen-bond acceptors (Lipinski definition) is 2. The summed E-state index contributed by atoms with van der Waals surface area (Å²) in [5.41, 5.74) is -1.16. The van der Waals surface area contributed by atoms with E-state index >= 15 is 0 Å². The average molecular weight is 450 g/mol. The molecule has 0 aliphatic rings. The Labute approximate surface area is 144 Å². The first kappa shape index (κ1) is 20.1. The monoisotopic (exact) mass is 450 g/mol. The predicted octanol–water partition coefficient (Wildman–Crippen LogP) is 5.06. The Hall–Kier alpha value is -0.930. The molecule has 8 heteroatoms. The van der Waals surface area contributed by atoms with Crippen molar-refractivity contribution >= 4 is 28.6 Å². The normalized spacial score (nSPS) is 15.2. The molecule has 2 unspecified atom stereocenters. The maximum atomic E-state index is 13.5. The summed E-state index contributed by atoms with van der Waals surface area (Å²) in [5, 5.41) is 0. The summed E-state index contributed by atoms with van der Waals surface area (Å²) < 4.78 is 70.5. The van der Waals surface area contributed by atoms with Crippen molar-refractivity contribution in [1.29, 1.82) is 0 Å². The SMILES string of the molecule is CCC(C)(I)CC(C)C(=O)OCc1c(F)c(F)c(F)c(F)c1F. The molecular formula is C15H16F5IO2. The van der Waals surface area contributed by atoms with Crippen LogP contribution in [0.25, 0.3) is 0 Å². The standard InChI is InChI=1S/C15H16F5IO2/c1-4-15(3,21)5-7(2)14(22)23-6-8-9(16)11(18)13(20)12(19)10(8)17/h7H,4-6H2,1-3H3. The molecule has 2 nitrogen and oxygen atoms in total.